The lowest BCUT2D eigenvalue weighted by molar-refractivity contribution is -0.132. The summed E-state index contributed by atoms with van der Waals surface area (Å²) >= 11 is 0. The van der Waals surface area contributed by atoms with Crippen molar-refractivity contribution >= 4 is 15.9 Å². The number of fused-ring (bicyclic) bond motifs is 1. The zero-order valence-electron chi connectivity index (χ0n) is 14.0. The van der Waals surface area contributed by atoms with E-state index in [0.29, 0.717) is 19.6 Å². The summed E-state index contributed by atoms with van der Waals surface area (Å²) in [4.78, 5) is 14.3. The third-order valence-corrected chi connectivity index (χ3v) is 5.52. The molecule has 1 aliphatic rings. The molecule has 0 aliphatic carbocycles. The average Bonchev–Trinajstić information content (AvgIpc) is 2.52. The summed E-state index contributed by atoms with van der Waals surface area (Å²) in [5.74, 6) is -0.110. The second kappa shape index (κ2) is 7.93. The van der Waals surface area contributed by atoms with E-state index in [9.17, 15) is 13.2 Å². The Labute approximate surface area is 139 Å². The summed E-state index contributed by atoms with van der Waals surface area (Å²) in [6, 6.07) is 8.10. The Morgan fingerprint density at radius 2 is 1.91 bits per heavy atom. The predicted octanol–water partition coefficient (Wildman–Crippen LogP) is 2.02. The molecule has 0 atom stereocenters. The van der Waals surface area contributed by atoms with Crippen LogP contribution in [0.1, 0.15) is 37.3 Å². The molecule has 1 aromatic carbocycles. The average molecular weight is 338 g/mol. The third kappa shape index (κ3) is 5.04. The van der Waals surface area contributed by atoms with Crippen LogP contribution in [-0.4, -0.2) is 49.4 Å². The van der Waals surface area contributed by atoms with E-state index >= 15 is 0 Å². The highest BCUT2D eigenvalue weighted by molar-refractivity contribution is 7.88. The SMILES string of the molecule is CCCCCN(CC(=O)N1CCc2ccccc2C1)S(C)(=O)=O. The van der Waals surface area contributed by atoms with Gasteiger partial charge in [0.2, 0.25) is 15.9 Å². The Kier molecular flexibility index (Phi) is 6.18. The van der Waals surface area contributed by atoms with Crippen molar-refractivity contribution in [3.8, 4) is 0 Å². The number of unbranched alkanes of at least 4 members (excludes halogenated alkanes) is 2. The third-order valence-electron chi connectivity index (χ3n) is 4.28. The lowest BCUT2D eigenvalue weighted by atomic mass is 10.00. The van der Waals surface area contributed by atoms with E-state index in [2.05, 4.69) is 13.0 Å². The highest BCUT2D eigenvalue weighted by Crippen LogP contribution is 2.19. The molecular formula is C17H26N2O3S. The van der Waals surface area contributed by atoms with Gasteiger partial charge in [-0.15, -0.1) is 0 Å². The minimum Gasteiger partial charge on any atom is -0.337 e. The van der Waals surface area contributed by atoms with Gasteiger partial charge < -0.3 is 4.90 Å². The molecule has 1 amide bonds. The molecule has 0 bridgehead atoms. The Balaban J connectivity index is 1.99. The molecule has 128 valence electrons. The first-order valence-corrected chi connectivity index (χ1v) is 10.1. The van der Waals surface area contributed by atoms with Crippen molar-refractivity contribution in [1.82, 2.24) is 9.21 Å². The van der Waals surface area contributed by atoms with Gasteiger partial charge in [-0.1, -0.05) is 44.0 Å². The lowest BCUT2D eigenvalue weighted by Gasteiger charge is -2.30. The quantitative estimate of drug-likeness (QED) is 0.715. The predicted molar refractivity (Wildman–Crippen MR) is 91.5 cm³/mol. The first-order valence-electron chi connectivity index (χ1n) is 8.21. The van der Waals surface area contributed by atoms with Crippen LogP contribution in [0.15, 0.2) is 24.3 Å². The van der Waals surface area contributed by atoms with E-state index in [0.717, 1.165) is 31.2 Å². The number of sulfonamides is 1. The zero-order valence-corrected chi connectivity index (χ0v) is 14.8. The first kappa shape index (κ1) is 17.9. The van der Waals surface area contributed by atoms with E-state index in [1.165, 1.54) is 16.1 Å². The molecule has 0 aromatic heterocycles. The number of carbonyl (C=O) groups excluding carboxylic acids is 1. The molecule has 0 N–H and O–H groups in total. The second-order valence-corrected chi connectivity index (χ2v) is 8.12. The summed E-state index contributed by atoms with van der Waals surface area (Å²) in [6.07, 6.45) is 4.79. The minimum absolute atomic E-state index is 0.0509. The summed E-state index contributed by atoms with van der Waals surface area (Å²) in [5, 5.41) is 0. The fraction of sp³-hybridized carbons (Fsp3) is 0.588. The van der Waals surface area contributed by atoms with Crippen molar-refractivity contribution in [1.29, 1.82) is 0 Å². The van der Waals surface area contributed by atoms with Crippen molar-refractivity contribution in [3.63, 3.8) is 0 Å². The maximum absolute atomic E-state index is 12.5. The summed E-state index contributed by atoms with van der Waals surface area (Å²) < 4.78 is 25.1. The van der Waals surface area contributed by atoms with Crippen LogP contribution in [0, 0.1) is 0 Å². The molecule has 6 heteroatoms. The molecule has 0 saturated carbocycles. The van der Waals surface area contributed by atoms with Crippen molar-refractivity contribution < 1.29 is 13.2 Å². The number of amides is 1. The lowest BCUT2D eigenvalue weighted by Crippen LogP contribution is -2.44. The van der Waals surface area contributed by atoms with E-state index in [1.54, 1.807) is 4.90 Å². The van der Waals surface area contributed by atoms with Gasteiger partial charge >= 0.3 is 0 Å². The molecule has 1 aromatic rings. The number of rotatable bonds is 7. The van der Waals surface area contributed by atoms with Gasteiger partial charge in [0.15, 0.2) is 0 Å². The van der Waals surface area contributed by atoms with Gasteiger partial charge in [0, 0.05) is 19.6 Å². The summed E-state index contributed by atoms with van der Waals surface area (Å²) in [7, 11) is -3.35. The molecule has 1 heterocycles. The Hall–Kier alpha value is -1.40. The van der Waals surface area contributed by atoms with Crippen LogP contribution >= 0.6 is 0 Å². The fourth-order valence-electron chi connectivity index (χ4n) is 2.86. The molecule has 0 radical (unpaired) electrons. The van der Waals surface area contributed by atoms with Crippen LogP contribution in [0.2, 0.25) is 0 Å². The van der Waals surface area contributed by atoms with Crippen LogP contribution in [0.25, 0.3) is 0 Å². The number of hydrogen-bond acceptors (Lipinski definition) is 3. The Morgan fingerprint density at radius 3 is 2.57 bits per heavy atom. The molecule has 0 fully saturated rings. The molecule has 23 heavy (non-hydrogen) atoms. The van der Waals surface area contributed by atoms with Crippen molar-refractivity contribution in [3.05, 3.63) is 35.4 Å². The minimum atomic E-state index is -3.35. The normalized spacial score (nSPS) is 14.8. The van der Waals surface area contributed by atoms with Gasteiger partial charge in [0.1, 0.15) is 0 Å². The Bertz CT molecular complexity index is 643. The van der Waals surface area contributed by atoms with Gasteiger partial charge in [-0.25, -0.2) is 8.42 Å². The highest BCUT2D eigenvalue weighted by atomic mass is 32.2. The molecular weight excluding hydrogens is 312 g/mol. The van der Waals surface area contributed by atoms with Crippen molar-refractivity contribution in [2.75, 3.05) is 25.9 Å². The second-order valence-electron chi connectivity index (χ2n) is 6.14. The topological polar surface area (TPSA) is 57.7 Å². The smallest absolute Gasteiger partial charge is 0.238 e. The van der Waals surface area contributed by atoms with E-state index in [4.69, 9.17) is 0 Å². The van der Waals surface area contributed by atoms with Gasteiger partial charge in [-0.05, 0) is 24.0 Å². The zero-order chi connectivity index (χ0) is 16.9. The maximum Gasteiger partial charge on any atom is 0.238 e. The number of hydrogen-bond donors (Lipinski definition) is 0. The molecule has 1 aliphatic heterocycles. The monoisotopic (exact) mass is 338 g/mol. The van der Waals surface area contributed by atoms with E-state index in [1.807, 2.05) is 18.2 Å². The maximum atomic E-state index is 12.5. The number of nitrogens with zero attached hydrogens (tertiary/aromatic N) is 2. The molecule has 5 nitrogen and oxygen atoms in total. The molecule has 0 saturated heterocycles. The van der Waals surface area contributed by atoms with Crippen LogP contribution < -0.4 is 0 Å². The van der Waals surface area contributed by atoms with Crippen LogP contribution in [0.4, 0.5) is 0 Å². The summed E-state index contributed by atoms with van der Waals surface area (Å²) in [6.45, 7) is 3.67. The van der Waals surface area contributed by atoms with Crippen molar-refractivity contribution in [2.45, 2.75) is 39.2 Å². The van der Waals surface area contributed by atoms with E-state index < -0.39 is 10.0 Å². The Morgan fingerprint density at radius 1 is 1.22 bits per heavy atom. The van der Waals surface area contributed by atoms with Crippen LogP contribution in [0.5, 0.6) is 0 Å². The van der Waals surface area contributed by atoms with Crippen molar-refractivity contribution in [2.24, 2.45) is 0 Å². The number of benzene rings is 1. The van der Waals surface area contributed by atoms with Crippen LogP contribution in [0.3, 0.4) is 0 Å². The van der Waals surface area contributed by atoms with E-state index in [-0.39, 0.29) is 12.5 Å². The molecule has 0 spiro atoms. The fourth-order valence-corrected chi connectivity index (χ4v) is 3.67. The first-order chi connectivity index (χ1) is 10.9. The van der Waals surface area contributed by atoms with Gasteiger partial charge in [0.05, 0.1) is 12.8 Å². The number of carbonyl (C=O) groups is 1. The van der Waals surface area contributed by atoms with Crippen LogP contribution in [-0.2, 0) is 27.8 Å². The van der Waals surface area contributed by atoms with Gasteiger partial charge in [-0.3, -0.25) is 4.79 Å². The highest BCUT2D eigenvalue weighted by Gasteiger charge is 2.25. The van der Waals surface area contributed by atoms with Gasteiger partial charge in [0.25, 0.3) is 0 Å². The van der Waals surface area contributed by atoms with Gasteiger partial charge in [-0.2, -0.15) is 4.31 Å². The largest absolute Gasteiger partial charge is 0.337 e. The molecule has 0 unspecified atom stereocenters. The molecule has 2 rings (SSSR count). The summed E-state index contributed by atoms with van der Waals surface area (Å²) in [5.41, 5.74) is 2.43. The standard InChI is InChI=1S/C17H26N2O3S/c1-3-4-7-11-19(23(2,21)22)14-17(20)18-12-10-15-8-5-6-9-16(15)13-18/h5-6,8-9H,3-4,7,10-14H2,1-2H3.